The van der Waals surface area contributed by atoms with E-state index in [9.17, 15) is 9.59 Å². The first-order valence-corrected chi connectivity index (χ1v) is 11.2. The molecule has 0 saturated heterocycles. The summed E-state index contributed by atoms with van der Waals surface area (Å²) in [4.78, 5) is 28.8. The van der Waals surface area contributed by atoms with Gasteiger partial charge in [-0.2, -0.15) is 5.10 Å². The zero-order valence-electron chi connectivity index (χ0n) is 18.9. The average molecular weight is 452 g/mol. The lowest BCUT2D eigenvalue weighted by Crippen LogP contribution is -2.15. The molecule has 10 heteroatoms. The number of carbonyl (C=O) groups is 2. The summed E-state index contributed by atoms with van der Waals surface area (Å²) >= 11 is 0. The van der Waals surface area contributed by atoms with Crippen molar-refractivity contribution in [2.45, 2.75) is 64.3 Å². The molecule has 33 heavy (non-hydrogen) atoms. The first-order valence-electron chi connectivity index (χ1n) is 11.2. The van der Waals surface area contributed by atoms with Crippen molar-refractivity contribution in [3.8, 4) is 11.4 Å². The Bertz CT molecular complexity index is 1140. The van der Waals surface area contributed by atoms with Gasteiger partial charge in [0, 0.05) is 24.2 Å². The molecule has 10 nitrogen and oxygen atoms in total. The van der Waals surface area contributed by atoms with Crippen LogP contribution in [-0.4, -0.2) is 31.7 Å². The predicted octanol–water partition coefficient (Wildman–Crippen LogP) is 3.42. The van der Waals surface area contributed by atoms with Crippen LogP contribution >= 0.6 is 0 Å². The van der Waals surface area contributed by atoms with E-state index in [1.165, 1.54) is 23.9 Å². The molecule has 1 aliphatic rings. The number of nitrogens with two attached hydrogens (primary N) is 2. The van der Waals surface area contributed by atoms with E-state index in [0.717, 1.165) is 18.5 Å². The van der Waals surface area contributed by atoms with E-state index in [0.29, 0.717) is 28.8 Å². The third-order valence-corrected chi connectivity index (χ3v) is 5.93. The molecule has 1 fully saturated rings. The minimum absolute atomic E-state index is 0.0467. The summed E-state index contributed by atoms with van der Waals surface area (Å²) in [5.41, 5.74) is 14.1. The topological polar surface area (TPSA) is 155 Å². The third-order valence-electron chi connectivity index (χ3n) is 5.93. The summed E-state index contributed by atoms with van der Waals surface area (Å²) in [7, 11) is 0. The van der Waals surface area contributed by atoms with Crippen LogP contribution in [0.3, 0.4) is 0 Å². The van der Waals surface area contributed by atoms with E-state index < -0.39 is 5.91 Å². The van der Waals surface area contributed by atoms with Gasteiger partial charge in [0.1, 0.15) is 17.1 Å². The largest absolute Gasteiger partial charge is 0.383 e. The van der Waals surface area contributed by atoms with Gasteiger partial charge < -0.3 is 16.0 Å². The van der Waals surface area contributed by atoms with Gasteiger partial charge >= 0.3 is 0 Å². The number of nitrogens with zero attached hydrogens (tertiary/aromatic N) is 4. The molecule has 3 aromatic rings. The van der Waals surface area contributed by atoms with Crippen LogP contribution in [0.1, 0.15) is 79.5 Å². The number of aromatic nitrogens is 4. The SMILES string of the molecule is CC(C)n1nc(-c2ccc(CC(=O)Nc3cc(C4CCCCC4)no3)cn2)c(C(N)=O)c1N. The quantitative estimate of drug-likeness (QED) is 0.497. The van der Waals surface area contributed by atoms with Crippen LogP contribution in [0.4, 0.5) is 11.7 Å². The number of pyridine rings is 1. The fourth-order valence-electron chi connectivity index (χ4n) is 4.24. The Balaban J connectivity index is 1.43. The van der Waals surface area contributed by atoms with Gasteiger partial charge in [0.2, 0.25) is 11.8 Å². The van der Waals surface area contributed by atoms with Gasteiger partial charge in [-0.05, 0) is 38.3 Å². The molecule has 3 heterocycles. The van der Waals surface area contributed by atoms with Crippen LogP contribution in [0.25, 0.3) is 11.4 Å². The van der Waals surface area contributed by atoms with Crippen LogP contribution in [-0.2, 0) is 11.2 Å². The number of hydrogen-bond acceptors (Lipinski definition) is 7. The minimum atomic E-state index is -0.667. The van der Waals surface area contributed by atoms with Crippen LogP contribution in [0.15, 0.2) is 28.9 Å². The fourth-order valence-corrected chi connectivity index (χ4v) is 4.24. The Hall–Kier alpha value is -3.69. The van der Waals surface area contributed by atoms with Crippen LogP contribution < -0.4 is 16.8 Å². The van der Waals surface area contributed by atoms with Gasteiger partial charge in [-0.1, -0.05) is 30.5 Å². The minimum Gasteiger partial charge on any atom is -0.383 e. The molecular weight excluding hydrogens is 422 g/mol. The highest BCUT2D eigenvalue weighted by Crippen LogP contribution is 2.33. The normalized spacial score (nSPS) is 14.5. The highest BCUT2D eigenvalue weighted by atomic mass is 16.5. The molecule has 1 aliphatic carbocycles. The zero-order chi connectivity index (χ0) is 23.5. The maximum atomic E-state index is 12.5. The lowest BCUT2D eigenvalue weighted by atomic mass is 9.87. The molecule has 4 rings (SSSR count). The monoisotopic (exact) mass is 451 g/mol. The van der Waals surface area contributed by atoms with Crippen LogP contribution in [0.5, 0.6) is 0 Å². The summed E-state index contributed by atoms with van der Waals surface area (Å²) in [6, 6.07) is 5.22. The standard InChI is InChI=1S/C23H29N7O3/c1-13(2)30-22(24)20(23(25)32)21(28-30)16-9-8-14(12-26-16)10-18(31)27-19-11-17(29-33-19)15-6-4-3-5-7-15/h8-9,11-13,15H,3-7,10,24H2,1-2H3,(H2,25,32)(H,27,31). The molecular formula is C23H29N7O3. The van der Waals surface area contributed by atoms with Crippen molar-refractivity contribution in [1.29, 1.82) is 0 Å². The Labute approximate surface area is 191 Å². The lowest BCUT2D eigenvalue weighted by molar-refractivity contribution is -0.115. The fraction of sp³-hybridized carbons (Fsp3) is 0.435. The van der Waals surface area contributed by atoms with Gasteiger partial charge in [0.15, 0.2) is 0 Å². The number of anilines is 2. The summed E-state index contributed by atoms with van der Waals surface area (Å²) in [6.07, 6.45) is 7.56. The lowest BCUT2D eigenvalue weighted by Gasteiger charge is -2.18. The second kappa shape index (κ2) is 9.43. The first-order chi connectivity index (χ1) is 15.8. The maximum Gasteiger partial charge on any atom is 0.254 e. The van der Waals surface area contributed by atoms with Crippen molar-refractivity contribution in [3.05, 3.63) is 41.2 Å². The van der Waals surface area contributed by atoms with Gasteiger partial charge in [0.25, 0.3) is 5.91 Å². The van der Waals surface area contributed by atoms with Crippen LogP contribution in [0.2, 0.25) is 0 Å². The van der Waals surface area contributed by atoms with E-state index in [4.69, 9.17) is 16.0 Å². The molecule has 5 N–H and O–H groups in total. The Morgan fingerprint density at radius 1 is 1.24 bits per heavy atom. The van der Waals surface area contributed by atoms with Crippen molar-refractivity contribution in [2.24, 2.45) is 5.73 Å². The molecule has 0 radical (unpaired) electrons. The van der Waals surface area contributed by atoms with Crippen molar-refractivity contribution < 1.29 is 14.1 Å². The van der Waals surface area contributed by atoms with Gasteiger partial charge in [0.05, 0.1) is 17.8 Å². The Kier molecular flexibility index (Phi) is 6.43. The molecule has 0 atom stereocenters. The molecule has 0 spiro atoms. The van der Waals surface area contributed by atoms with E-state index in [1.807, 2.05) is 19.9 Å². The van der Waals surface area contributed by atoms with Crippen molar-refractivity contribution in [2.75, 3.05) is 11.1 Å². The Morgan fingerprint density at radius 3 is 2.64 bits per heavy atom. The maximum absolute atomic E-state index is 12.5. The summed E-state index contributed by atoms with van der Waals surface area (Å²) in [5, 5.41) is 11.3. The van der Waals surface area contributed by atoms with E-state index >= 15 is 0 Å². The molecule has 1 saturated carbocycles. The second-order valence-electron chi connectivity index (χ2n) is 8.74. The molecule has 0 unspecified atom stereocenters. The van der Waals surface area contributed by atoms with E-state index in [2.05, 4.69) is 20.6 Å². The summed E-state index contributed by atoms with van der Waals surface area (Å²) in [5.74, 6) is 0.0631. The average Bonchev–Trinajstić information content (AvgIpc) is 3.39. The molecule has 0 bridgehead atoms. The Morgan fingerprint density at radius 2 is 2.00 bits per heavy atom. The second-order valence-corrected chi connectivity index (χ2v) is 8.74. The van der Waals surface area contributed by atoms with Gasteiger partial charge in [-0.25, -0.2) is 4.68 Å². The number of nitrogens with one attached hydrogen (secondary N) is 1. The third kappa shape index (κ3) is 4.89. The number of rotatable bonds is 7. The predicted molar refractivity (Wildman–Crippen MR) is 123 cm³/mol. The number of amides is 2. The number of carbonyl (C=O) groups excluding carboxylic acids is 2. The van der Waals surface area contributed by atoms with Crippen LogP contribution in [0, 0.1) is 0 Å². The summed E-state index contributed by atoms with van der Waals surface area (Å²) < 4.78 is 6.85. The van der Waals surface area contributed by atoms with E-state index in [-0.39, 0.29) is 29.8 Å². The van der Waals surface area contributed by atoms with Crippen molar-refractivity contribution >= 4 is 23.5 Å². The van der Waals surface area contributed by atoms with Crippen molar-refractivity contribution in [3.63, 3.8) is 0 Å². The van der Waals surface area contributed by atoms with E-state index in [1.54, 1.807) is 18.3 Å². The van der Waals surface area contributed by atoms with Gasteiger partial charge in [-0.3, -0.25) is 19.9 Å². The number of nitrogen functional groups attached to an aromatic ring is 1. The highest BCUT2D eigenvalue weighted by molar-refractivity contribution is 6.03. The smallest absolute Gasteiger partial charge is 0.254 e. The molecule has 0 aromatic carbocycles. The number of hydrogen-bond donors (Lipinski definition) is 3. The first kappa shape index (κ1) is 22.5. The number of primary amides is 1. The van der Waals surface area contributed by atoms with Gasteiger partial charge in [-0.15, -0.1) is 0 Å². The molecule has 3 aromatic heterocycles. The molecule has 0 aliphatic heterocycles. The molecule has 2 amide bonds. The zero-order valence-corrected chi connectivity index (χ0v) is 18.9. The summed E-state index contributed by atoms with van der Waals surface area (Å²) in [6.45, 7) is 3.80. The van der Waals surface area contributed by atoms with Crippen molar-refractivity contribution in [1.82, 2.24) is 19.9 Å². The highest BCUT2D eigenvalue weighted by Gasteiger charge is 2.24. The molecule has 174 valence electrons.